The summed E-state index contributed by atoms with van der Waals surface area (Å²) in [6.45, 7) is 3.82. The lowest BCUT2D eigenvalue weighted by molar-refractivity contribution is -0.119. The molecule has 0 spiro atoms. The van der Waals surface area contributed by atoms with Gasteiger partial charge in [-0.3, -0.25) is 9.59 Å². The van der Waals surface area contributed by atoms with Crippen LogP contribution in [0, 0.1) is 0 Å². The van der Waals surface area contributed by atoms with E-state index in [1.165, 1.54) is 0 Å². The average molecular weight is 233 g/mol. The van der Waals surface area contributed by atoms with Crippen LogP contribution >= 0.6 is 0 Å². The number of fused-ring (bicyclic) bond motifs is 1. The summed E-state index contributed by atoms with van der Waals surface area (Å²) >= 11 is 0. The van der Waals surface area contributed by atoms with Crippen LogP contribution in [0.15, 0.2) is 18.2 Å². The lowest BCUT2D eigenvalue weighted by Gasteiger charge is -2.16. The number of anilines is 2. The standard InChI is InChI=1S/C12H15N3O2/c1-12(2)8-5-7(14-6-10(13)16)3-4-9(8)15-11(12)17/h3-5,14H,6H2,1-2H3,(H2,13,16)(H,15,17). The minimum Gasteiger partial charge on any atom is -0.376 e. The third-order valence-corrected chi connectivity index (χ3v) is 2.98. The Kier molecular flexibility index (Phi) is 2.53. The third-order valence-electron chi connectivity index (χ3n) is 2.98. The Labute approximate surface area is 99.4 Å². The van der Waals surface area contributed by atoms with Crippen molar-refractivity contribution in [1.29, 1.82) is 0 Å². The largest absolute Gasteiger partial charge is 0.376 e. The fourth-order valence-electron chi connectivity index (χ4n) is 1.87. The molecule has 0 saturated carbocycles. The van der Waals surface area contributed by atoms with Crippen molar-refractivity contribution in [2.45, 2.75) is 19.3 Å². The smallest absolute Gasteiger partial charge is 0.236 e. The van der Waals surface area contributed by atoms with Gasteiger partial charge in [-0.05, 0) is 37.6 Å². The van der Waals surface area contributed by atoms with E-state index in [2.05, 4.69) is 10.6 Å². The number of carbonyl (C=O) groups excluding carboxylic acids is 2. The van der Waals surface area contributed by atoms with Crippen LogP contribution in [0.3, 0.4) is 0 Å². The maximum atomic E-state index is 11.7. The summed E-state index contributed by atoms with van der Waals surface area (Å²) < 4.78 is 0. The van der Waals surface area contributed by atoms with E-state index < -0.39 is 11.3 Å². The van der Waals surface area contributed by atoms with E-state index in [1.807, 2.05) is 32.0 Å². The summed E-state index contributed by atoms with van der Waals surface area (Å²) in [5.74, 6) is -0.432. The number of rotatable bonds is 3. The molecule has 0 fully saturated rings. The molecule has 0 atom stereocenters. The van der Waals surface area contributed by atoms with E-state index >= 15 is 0 Å². The highest BCUT2D eigenvalue weighted by molar-refractivity contribution is 6.06. The highest BCUT2D eigenvalue weighted by Gasteiger charge is 2.38. The zero-order valence-electron chi connectivity index (χ0n) is 9.83. The van der Waals surface area contributed by atoms with Crippen molar-refractivity contribution in [2.24, 2.45) is 5.73 Å². The number of nitrogens with two attached hydrogens (primary N) is 1. The lowest BCUT2D eigenvalue weighted by Crippen LogP contribution is -2.27. The molecular weight excluding hydrogens is 218 g/mol. The molecule has 0 saturated heterocycles. The van der Waals surface area contributed by atoms with E-state index in [-0.39, 0.29) is 12.5 Å². The van der Waals surface area contributed by atoms with Gasteiger partial charge in [-0.25, -0.2) is 0 Å². The molecule has 1 aromatic carbocycles. The molecule has 0 bridgehead atoms. The molecule has 1 heterocycles. The molecule has 0 unspecified atom stereocenters. The summed E-state index contributed by atoms with van der Waals surface area (Å²) in [6, 6.07) is 5.50. The van der Waals surface area contributed by atoms with Gasteiger partial charge in [0.15, 0.2) is 0 Å². The maximum Gasteiger partial charge on any atom is 0.236 e. The Hall–Kier alpha value is -2.04. The normalized spacial score (nSPS) is 16.2. The van der Waals surface area contributed by atoms with Crippen LogP contribution < -0.4 is 16.4 Å². The zero-order chi connectivity index (χ0) is 12.6. The Morgan fingerprint density at radius 3 is 2.82 bits per heavy atom. The quantitative estimate of drug-likeness (QED) is 0.722. The van der Waals surface area contributed by atoms with E-state index in [0.717, 1.165) is 16.9 Å². The van der Waals surface area contributed by atoms with Gasteiger partial charge in [-0.2, -0.15) is 0 Å². The maximum absolute atomic E-state index is 11.7. The van der Waals surface area contributed by atoms with Gasteiger partial charge in [0, 0.05) is 11.4 Å². The number of amides is 2. The van der Waals surface area contributed by atoms with Gasteiger partial charge in [0.1, 0.15) is 0 Å². The molecule has 2 amide bonds. The number of hydrogen-bond donors (Lipinski definition) is 3. The van der Waals surface area contributed by atoms with Gasteiger partial charge >= 0.3 is 0 Å². The predicted octanol–water partition coefficient (Wildman–Crippen LogP) is 0.813. The molecule has 90 valence electrons. The monoisotopic (exact) mass is 233 g/mol. The summed E-state index contributed by atoms with van der Waals surface area (Å²) in [7, 11) is 0. The molecule has 1 aromatic rings. The molecule has 5 heteroatoms. The molecule has 17 heavy (non-hydrogen) atoms. The first-order chi connectivity index (χ1) is 7.91. The Bertz CT molecular complexity index is 495. The van der Waals surface area contributed by atoms with Gasteiger partial charge in [0.2, 0.25) is 11.8 Å². The molecule has 1 aliphatic heterocycles. The van der Waals surface area contributed by atoms with Crippen LogP contribution in [-0.4, -0.2) is 18.4 Å². The lowest BCUT2D eigenvalue weighted by atomic mass is 9.86. The molecule has 5 nitrogen and oxygen atoms in total. The summed E-state index contributed by atoms with van der Waals surface area (Å²) in [5, 5.41) is 5.73. The SMILES string of the molecule is CC1(C)C(=O)Nc2ccc(NCC(N)=O)cc21. The molecule has 0 radical (unpaired) electrons. The Balaban J connectivity index is 2.29. The second-order valence-corrected chi connectivity index (χ2v) is 4.66. The van der Waals surface area contributed by atoms with Gasteiger partial charge < -0.3 is 16.4 Å². The van der Waals surface area contributed by atoms with Gasteiger partial charge in [0.05, 0.1) is 12.0 Å². The molecular formula is C12H15N3O2. The number of carbonyl (C=O) groups is 2. The third kappa shape index (κ3) is 1.95. The van der Waals surface area contributed by atoms with Crippen molar-refractivity contribution in [1.82, 2.24) is 0 Å². The van der Waals surface area contributed by atoms with Crippen LogP contribution in [0.2, 0.25) is 0 Å². The van der Waals surface area contributed by atoms with Crippen molar-refractivity contribution < 1.29 is 9.59 Å². The first-order valence-corrected chi connectivity index (χ1v) is 5.39. The van der Waals surface area contributed by atoms with Crippen molar-refractivity contribution >= 4 is 23.2 Å². The van der Waals surface area contributed by atoms with Gasteiger partial charge in [-0.15, -0.1) is 0 Å². The molecule has 0 aliphatic carbocycles. The van der Waals surface area contributed by atoms with Crippen LogP contribution in [0.1, 0.15) is 19.4 Å². The number of primary amides is 1. The average Bonchev–Trinajstić information content (AvgIpc) is 2.48. The van der Waals surface area contributed by atoms with Crippen molar-refractivity contribution in [3.05, 3.63) is 23.8 Å². The Morgan fingerprint density at radius 2 is 2.18 bits per heavy atom. The molecule has 1 aliphatic rings. The Morgan fingerprint density at radius 1 is 1.47 bits per heavy atom. The van der Waals surface area contributed by atoms with E-state index in [4.69, 9.17) is 5.73 Å². The fraction of sp³-hybridized carbons (Fsp3) is 0.333. The molecule has 0 aromatic heterocycles. The minimum atomic E-state index is -0.542. The van der Waals surface area contributed by atoms with E-state index in [9.17, 15) is 9.59 Å². The highest BCUT2D eigenvalue weighted by Crippen LogP contribution is 2.38. The topological polar surface area (TPSA) is 84.2 Å². The van der Waals surface area contributed by atoms with Gasteiger partial charge in [-0.1, -0.05) is 0 Å². The number of hydrogen-bond acceptors (Lipinski definition) is 3. The molecule has 2 rings (SSSR count). The van der Waals surface area contributed by atoms with Crippen molar-refractivity contribution in [3.8, 4) is 0 Å². The first kappa shape index (κ1) is 11.4. The zero-order valence-corrected chi connectivity index (χ0v) is 9.83. The fourth-order valence-corrected chi connectivity index (χ4v) is 1.87. The van der Waals surface area contributed by atoms with Gasteiger partial charge in [0.25, 0.3) is 0 Å². The summed E-state index contributed by atoms with van der Waals surface area (Å²) in [6.07, 6.45) is 0. The number of benzene rings is 1. The van der Waals surface area contributed by atoms with E-state index in [0.29, 0.717) is 0 Å². The van der Waals surface area contributed by atoms with Crippen LogP contribution in [0.25, 0.3) is 0 Å². The van der Waals surface area contributed by atoms with Crippen LogP contribution in [-0.2, 0) is 15.0 Å². The minimum absolute atomic E-state index is 0.0143. The van der Waals surface area contributed by atoms with Crippen molar-refractivity contribution in [2.75, 3.05) is 17.2 Å². The second-order valence-electron chi connectivity index (χ2n) is 4.66. The molecule has 4 N–H and O–H groups in total. The second kappa shape index (κ2) is 3.76. The number of nitrogens with one attached hydrogen (secondary N) is 2. The van der Waals surface area contributed by atoms with E-state index in [1.54, 1.807) is 0 Å². The predicted molar refractivity (Wildman–Crippen MR) is 65.8 cm³/mol. The van der Waals surface area contributed by atoms with Crippen molar-refractivity contribution in [3.63, 3.8) is 0 Å². The summed E-state index contributed by atoms with van der Waals surface area (Å²) in [5.41, 5.74) is 7.05. The first-order valence-electron chi connectivity index (χ1n) is 5.39. The van der Waals surface area contributed by atoms with Crippen LogP contribution in [0.5, 0.6) is 0 Å². The summed E-state index contributed by atoms with van der Waals surface area (Å²) in [4.78, 5) is 22.4. The highest BCUT2D eigenvalue weighted by atomic mass is 16.2. The van der Waals surface area contributed by atoms with Crippen LogP contribution in [0.4, 0.5) is 11.4 Å².